The highest BCUT2D eigenvalue weighted by Gasteiger charge is 2.07. The lowest BCUT2D eigenvalue weighted by atomic mass is 10.1. The van der Waals surface area contributed by atoms with E-state index in [1.165, 1.54) is 19.1 Å². The zero-order chi connectivity index (χ0) is 14.0. The number of anilines is 3. The second-order valence-corrected chi connectivity index (χ2v) is 4.96. The summed E-state index contributed by atoms with van der Waals surface area (Å²) in [5.41, 5.74) is 8.05. The number of nitrogens with one attached hydrogen (secondary N) is 1. The topological polar surface area (TPSA) is 55.1 Å². The lowest BCUT2D eigenvalue weighted by Crippen LogP contribution is -2.01. The molecule has 0 spiro atoms. The molecule has 0 atom stereocenters. The number of carbonyl (C=O) groups excluding carboxylic acids is 1. The van der Waals surface area contributed by atoms with Crippen LogP contribution in [0.1, 0.15) is 17.3 Å². The maximum Gasteiger partial charge on any atom is 0.161 e. The Morgan fingerprint density at radius 2 is 2.00 bits per heavy atom. The molecule has 0 aliphatic carbocycles. The van der Waals surface area contributed by atoms with E-state index < -0.39 is 0 Å². The molecule has 2 aromatic carbocycles. The molecule has 0 aliphatic heterocycles. The fourth-order valence-corrected chi connectivity index (χ4v) is 2.14. The summed E-state index contributed by atoms with van der Waals surface area (Å²) in [6, 6.07) is 9.44. The minimum atomic E-state index is -0.320. The highest BCUT2D eigenvalue weighted by molar-refractivity contribution is 9.10. The average molecular weight is 323 g/mol. The first-order chi connectivity index (χ1) is 8.97. The van der Waals surface area contributed by atoms with Crippen LogP contribution in [-0.2, 0) is 0 Å². The van der Waals surface area contributed by atoms with Gasteiger partial charge in [0.2, 0.25) is 0 Å². The summed E-state index contributed by atoms with van der Waals surface area (Å²) in [5, 5.41) is 3.10. The van der Waals surface area contributed by atoms with E-state index >= 15 is 0 Å². The molecule has 0 heterocycles. The Balaban J connectivity index is 2.33. The number of nitrogens with two attached hydrogens (primary N) is 1. The highest BCUT2D eigenvalue weighted by Crippen LogP contribution is 2.28. The fourth-order valence-electron chi connectivity index (χ4n) is 1.69. The van der Waals surface area contributed by atoms with Crippen molar-refractivity contribution in [3.05, 3.63) is 52.3 Å². The summed E-state index contributed by atoms with van der Waals surface area (Å²) >= 11 is 3.27. The van der Waals surface area contributed by atoms with Gasteiger partial charge in [-0.05, 0) is 59.3 Å². The van der Waals surface area contributed by atoms with Crippen LogP contribution in [0.4, 0.5) is 21.5 Å². The second-order valence-electron chi connectivity index (χ2n) is 4.11. The Bertz CT molecular complexity index is 643. The SMILES string of the molecule is CC(=O)c1cc(Nc2ccc(F)cc2Br)ccc1N. The summed E-state index contributed by atoms with van der Waals surface area (Å²) in [7, 11) is 0. The van der Waals surface area contributed by atoms with Gasteiger partial charge in [-0.15, -0.1) is 0 Å². The molecule has 3 N–H and O–H groups in total. The smallest absolute Gasteiger partial charge is 0.161 e. The van der Waals surface area contributed by atoms with Gasteiger partial charge in [-0.2, -0.15) is 0 Å². The van der Waals surface area contributed by atoms with E-state index in [0.29, 0.717) is 27.1 Å². The van der Waals surface area contributed by atoms with Gasteiger partial charge < -0.3 is 11.1 Å². The summed E-state index contributed by atoms with van der Waals surface area (Å²) in [5.74, 6) is -0.418. The summed E-state index contributed by atoms with van der Waals surface area (Å²) in [6.45, 7) is 1.46. The highest BCUT2D eigenvalue weighted by atomic mass is 79.9. The van der Waals surface area contributed by atoms with Crippen LogP contribution in [0, 0.1) is 5.82 Å². The number of benzene rings is 2. The largest absolute Gasteiger partial charge is 0.398 e. The van der Waals surface area contributed by atoms with Crippen molar-refractivity contribution >= 4 is 38.8 Å². The van der Waals surface area contributed by atoms with Crippen molar-refractivity contribution in [3.8, 4) is 0 Å². The lowest BCUT2D eigenvalue weighted by molar-refractivity contribution is 0.101. The van der Waals surface area contributed by atoms with Crippen LogP contribution in [0.5, 0.6) is 0 Å². The Hall–Kier alpha value is -1.88. The third kappa shape index (κ3) is 3.12. The van der Waals surface area contributed by atoms with Crippen LogP contribution in [-0.4, -0.2) is 5.78 Å². The van der Waals surface area contributed by atoms with E-state index in [1.54, 1.807) is 24.3 Å². The van der Waals surface area contributed by atoms with Crippen LogP contribution in [0.25, 0.3) is 0 Å². The Kier molecular flexibility index (Phi) is 3.85. The van der Waals surface area contributed by atoms with Crippen LogP contribution in [0.15, 0.2) is 40.9 Å². The molecular weight excluding hydrogens is 311 g/mol. The van der Waals surface area contributed by atoms with Crippen LogP contribution in [0.2, 0.25) is 0 Å². The van der Waals surface area contributed by atoms with Gasteiger partial charge in [-0.1, -0.05) is 0 Å². The first-order valence-corrected chi connectivity index (χ1v) is 6.39. The average Bonchev–Trinajstić information content (AvgIpc) is 2.34. The number of halogens is 2. The Labute approximate surface area is 118 Å². The molecule has 0 radical (unpaired) electrons. The van der Waals surface area contributed by atoms with Crippen molar-refractivity contribution in [1.82, 2.24) is 0 Å². The van der Waals surface area contributed by atoms with Gasteiger partial charge in [0.25, 0.3) is 0 Å². The normalized spacial score (nSPS) is 10.3. The summed E-state index contributed by atoms with van der Waals surface area (Å²) in [6.07, 6.45) is 0. The molecule has 0 aliphatic rings. The predicted molar refractivity (Wildman–Crippen MR) is 78.2 cm³/mol. The summed E-state index contributed by atoms with van der Waals surface area (Å²) in [4.78, 5) is 11.4. The van der Waals surface area contributed by atoms with E-state index in [-0.39, 0.29) is 11.6 Å². The van der Waals surface area contributed by atoms with E-state index in [2.05, 4.69) is 21.2 Å². The number of nitrogen functional groups attached to an aromatic ring is 1. The predicted octanol–water partition coefficient (Wildman–Crippen LogP) is 4.12. The van der Waals surface area contributed by atoms with Crippen molar-refractivity contribution in [2.24, 2.45) is 0 Å². The molecule has 0 unspecified atom stereocenters. The van der Waals surface area contributed by atoms with Gasteiger partial charge in [0.05, 0.1) is 5.69 Å². The minimum Gasteiger partial charge on any atom is -0.398 e. The van der Waals surface area contributed by atoms with Crippen LogP contribution in [0.3, 0.4) is 0 Å². The molecule has 0 saturated carbocycles. The van der Waals surface area contributed by atoms with Crippen molar-refractivity contribution in [2.45, 2.75) is 6.92 Å². The van der Waals surface area contributed by atoms with E-state index in [4.69, 9.17) is 5.73 Å². The molecule has 2 rings (SSSR count). The first-order valence-electron chi connectivity index (χ1n) is 5.60. The fraction of sp³-hybridized carbons (Fsp3) is 0.0714. The van der Waals surface area contributed by atoms with Crippen molar-refractivity contribution in [1.29, 1.82) is 0 Å². The molecule has 0 saturated heterocycles. The van der Waals surface area contributed by atoms with E-state index in [0.717, 1.165) is 0 Å². The molecule has 19 heavy (non-hydrogen) atoms. The minimum absolute atomic E-state index is 0.0979. The van der Waals surface area contributed by atoms with Crippen LogP contribution < -0.4 is 11.1 Å². The van der Waals surface area contributed by atoms with Gasteiger partial charge in [0, 0.05) is 21.4 Å². The molecule has 98 valence electrons. The first kappa shape index (κ1) is 13.5. The second kappa shape index (κ2) is 5.40. The Morgan fingerprint density at radius 3 is 2.63 bits per heavy atom. The summed E-state index contributed by atoms with van der Waals surface area (Å²) < 4.78 is 13.6. The molecular formula is C14H12BrFN2O. The third-order valence-corrected chi connectivity index (χ3v) is 3.30. The van der Waals surface area contributed by atoms with Gasteiger partial charge >= 0.3 is 0 Å². The monoisotopic (exact) mass is 322 g/mol. The molecule has 0 amide bonds. The molecule has 2 aromatic rings. The zero-order valence-electron chi connectivity index (χ0n) is 10.2. The van der Waals surface area contributed by atoms with Crippen molar-refractivity contribution in [2.75, 3.05) is 11.1 Å². The number of ketones is 1. The van der Waals surface area contributed by atoms with Crippen LogP contribution >= 0.6 is 15.9 Å². The number of hydrogen-bond donors (Lipinski definition) is 2. The van der Waals surface area contributed by atoms with Crippen molar-refractivity contribution in [3.63, 3.8) is 0 Å². The molecule has 0 bridgehead atoms. The number of carbonyl (C=O) groups is 1. The van der Waals surface area contributed by atoms with Gasteiger partial charge in [0.1, 0.15) is 5.82 Å². The standard InChI is InChI=1S/C14H12BrFN2O/c1-8(19)11-7-10(3-4-13(11)17)18-14-5-2-9(16)6-12(14)15/h2-7,18H,17H2,1H3. The van der Waals surface area contributed by atoms with Gasteiger partial charge in [-0.25, -0.2) is 4.39 Å². The lowest BCUT2D eigenvalue weighted by Gasteiger charge is -2.10. The molecule has 3 nitrogen and oxygen atoms in total. The molecule has 5 heteroatoms. The number of hydrogen-bond acceptors (Lipinski definition) is 3. The van der Waals surface area contributed by atoms with Crippen molar-refractivity contribution < 1.29 is 9.18 Å². The maximum absolute atomic E-state index is 13.0. The number of Topliss-reactive ketones (excluding diaryl/α,β-unsaturated/α-hetero) is 1. The van der Waals surface area contributed by atoms with Gasteiger partial charge in [0.15, 0.2) is 5.78 Å². The number of rotatable bonds is 3. The van der Waals surface area contributed by atoms with E-state index in [1.807, 2.05) is 0 Å². The maximum atomic E-state index is 13.0. The third-order valence-electron chi connectivity index (χ3n) is 2.64. The molecule has 0 fully saturated rings. The quantitative estimate of drug-likeness (QED) is 0.660. The zero-order valence-corrected chi connectivity index (χ0v) is 11.8. The molecule has 0 aromatic heterocycles. The van der Waals surface area contributed by atoms with Gasteiger partial charge in [-0.3, -0.25) is 4.79 Å². The Morgan fingerprint density at radius 1 is 1.26 bits per heavy atom. The van der Waals surface area contributed by atoms with E-state index in [9.17, 15) is 9.18 Å².